The summed E-state index contributed by atoms with van der Waals surface area (Å²) in [6.07, 6.45) is 3.50. The van der Waals surface area contributed by atoms with Gasteiger partial charge in [-0.15, -0.1) is 0 Å². The van der Waals surface area contributed by atoms with Crippen LogP contribution in [-0.2, 0) is 0 Å². The molecule has 0 N–H and O–H groups in total. The van der Waals surface area contributed by atoms with Crippen molar-refractivity contribution in [2.75, 3.05) is 0 Å². The van der Waals surface area contributed by atoms with Crippen molar-refractivity contribution in [2.24, 2.45) is 0 Å². The molecule has 1 unspecified atom stereocenters. The number of rotatable bonds is 1. The summed E-state index contributed by atoms with van der Waals surface area (Å²) in [6.45, 7) is 15.8. The van der Waals surface area contributed by atoms with Gasteiger partial charge in [0.25, 0.3) is 7.65 Å². The lowest BCUT2D eigenvalue weighted by molar-refractivity contribution is 0.0257. The van der Waals surface area contributed by atoms with E-state index in [2.05, 4.69) is 57.9 Å². The quantitative estimate of drug-likeness (QED) is 0.426. The van der Waals surface area contributed by atoms with Crippen molar-refractivity contribution < 1.29 is 9.18 Å². The predicted octanol–water partition coefficient (Wildman–Crippen LogP) is 6.05. The molecule has 1 aromatic rings. The second-order valence-electron chi connectivity index (χ2n) is 9.57. The summed E-state index contributed by atoms with van der Waals surface area (Å²) >= 11 is 6.86. The third kappa shape index (κ3) is 3.74. The van der Waals surface area contributed by atoms with Crippen molar-refractivity contribution in [3.63, 3.8) is 0 Å². The Morgan fingerprint density at radius 1 is 1.04 bits per heavy atom. The van der Waals surface area contributed by atoms with Crippen molar-refractivity contribution in [3.8, 4) is 11.5 Å². The fraction of sp³-hybridized carbons (Fsp3) is 0.684. The van der Waals surface area contributed by atoms with Crippen molar-refractivity contribution in [1.82, 2.24) is 9.39 Å². The van der Waals surface area contributed by atoms with E-state index < -0.39 is 7.65 Å². The summed E-state index contributed by atoms with van der Waals surface area (Å²) in [5.74, 6) is 1.48. The molecule has 2 aliphatic heterocycles. The summed E-state index contributed by atoms with van der Waals surface area (Å²) in [5.41, 5.74) is -0.200. The second kappa shape index (κ2) is 6.85. The highest BCUT2D eigenvalue weighted by Gasteiger charge is 2.57. The van der Waals surface area contributed by atoms with Crippen molar-refractivity contribution in [1.29, 1.82) is 0 Å². The van der Waals surface area contributed by atoms with E-state index in [9.17, 15) is 0 Å². The van der Waals surface area contributed by atoms with Crippen LogP contribution in [0.15, 0.2) is 24.3 Å². The van der Waals surface area contributed by atoms with Crippen LogP contribution in [0, 0.1) is 0 Å². The van der Waals surface area contributed by atoms with Gasteiger partial charge in [-0.1, -0.05) is 12.1 Å². The molecule has 4 nitrogen and oxygen atoms in total. The van der Waals surface area contributed by atoms with Crippen molar-refractivity contribution >= 4 is 26.1 Å². The topological polar surface area (TPSA) is 24.9 Å². The number of benzene rings is 1. The molecule has 0 amide bonds. The number of piperidine rings is 1. The molecule has 0 saturated carbocycles. The van der Waals surface area contributed by atoms with Crippen LogP contribution in [-0.4, -0.2) is 33.2 Å². The fourth-order valence-corrected chi connectivity index (χ4v) is 6.64. The minimum Gasteiger partial charge on any atom is -0.530 e. The average molecular weight is 397 g/mol. The van der Waals surface area contributed by atoms with Crippen molar-refractivity contribution in [3.05, 3.63) is 24.3 Å². The zero-order valence-electron chi connectivity index (χ0n) is 17.0. The van der Waals surface area contributed by atoms with Crippen LogP contribution in [0.2, 0.25) is 0 Å². The van der Waals surface area contributed by atoms with E-state index in [-0.39, 0.29) is 23.8 Å². The maximum Gasteiger partial charge on any atom is 0.556 e. The van der Waals surface area contributed by atoms with Crippen molar-refractivity contribution in [2.45, 2.75) is 84.3 Å². The number of hydrogen-bond donors (Lipinski definition) is 0. The zero-order valence-corrected chi connectivity index (χ0v) is 18.7. The Morgan fingerprint density at radius 2 is 1.58 bits per heavy atom. The van der Waals surface area contributed by atoms with Gasteiger partial charge in [0.2, 0.25) is 0 Å². The molecule has 0 radical (unpaired) electrons. The van der Waals surface area contributed by atoms with Gasteiger partial charge < -0.3 is 9.18 Å². The Labute approximate surface area is 165 Å². The van der Waals surface area contributed by atoms with Gasteiger partial charge in [0.05, 0.1) is 0 Å². The van der Waals surface area contributed by atoms with E-state index >= 15 is 0 Å². The summed E-state index contributed by atoms with van der Waals surface area (Å²) in [7, 11) is -1.65. The molecule has 0 aromatic heterocycles. The van der Waals surface area contributed by atoms with Gasteiger partial charge in [0.1, 0.15) is 5.75 Å². The molecule has 2 aliphatic rings. The Balaban J connectivity index is 2.13. The molecule has 0 bridgehead atoms. The first-order chi connectivity index (χ1) is 11.9. The summed E-state index contributed by atoms with van der Waals surface area (Å²) < 4.78 is 15.0. The summed E-state index contributed by atoms with van der Waals surface area (Å²) in [5, 5.41) is 0. The average Bonchev–Trinajstić information content (AvgIpc) is 2.59. The molecule has 7 heteroatoms. The normalized spacial score (nSPS) is 26.5. The SMILES string of the molecule is CC(C)(C)N1B(N2C(C)(C)CCCC2(C)C)Oc2ccccc2OP1Cl. The molecule has 3 rings (SSSR count). The van der Waals surface area contributed by atoms with Crippen LogP contribution in [0.5, 0.6) is 11.5 Å². The molecular weight excluding hydrogens is 365 g/mol. The van der Waals surface area contributed by atoms with E-state index in [1.165, 1.54) is 6.42 Å². The highest BCUT2D eigenvalue weighted by molar-refractivity contribution is 7.79. The van der Waals surface area contributed by atoms with E-state index in [1.807, 2.05) is 24.3 Å². The lowest BCUT2D eigenvalue weighted by Gasteiger charge is -2.56. The number of fused-ring (bicyclic) bond motifs is 1. The first kappa shape index (κ1) is 20.3. The van der Waals surface area contributed by atoms with Crippen LogP contribution >= 0.6 is 18.9 Å². The largest absolute Gasteiger partial charge is 0.556 e. The highest BCUT2D eigenvalue weighted by Crippen LogP contribution is 2.57. The minimum absolute atomic E-state index is 0.00224. The summed E-state index contributed by atoms with van der Waals surface area (Å²) in [4.78, 5) is 2.51. The summed E-state index contributed by atoms with van der Waals surface area (Å²) in [6, 6.07) is 7.84. The number of para-hydroxylation sites is 2. The zero-order chi connectivity index (χ0) is 19.3. The van der Waals surface area contributed by atoms with E-state index in [1.54, 1.807) is 0 Å². The maximum absolute atomic E-state index is 6.86. The molecular formula is C19H31BClN2O2P. The van der Waals surface area contributed by atoms with Gasteiger partial charge in [-0.3, -0.25) is 4.81 Å². The van der Waals surface area contributed by atoms with Crippen LogP contribution < -0.4 is 9.18 Å². The molecule has 2 heterocycles. The Bertz CT molecular complexity index is 649. The van der Waals surface area contributed by atoms with Crippen LogP contribution in [0.25, 0.3) is 0 Å². The van der Waals surface area contributed by atoms with E-state index in [0.29, 0.717) is 0 Å². The monoisotopic (exact) mass is 396 g/mol. The number of halogens is 1. The van der Waals surface area contributed by atoms with Gasteiger partial charge in [-0.25, -0.2) is 4.58 Å². The molecule has 0 aliphatic carbocycles. The lowest BCUT2D eigenvalue weighted by Crippen LogP contribution is -2.71. The molecule has 1 fully saturated rings. The Morgan fingerprint density at radius 3 is 2.12 bits per heavy atom. The van der Waals surface area contributed by atoms with E-state index in [0.717, 1.165) is 24.3 Å². The fourth-order valence-electron chi connectivity index (χ4n) is 4.33. The molecule has 0 spiro atoms. The van der Waals surface area contributed by atoms with Crippen LogP contribution in [0.4, 0.5) is 0 Å². The maximum atomic E-state index is 6.86. The molecule has 144 valence electrons. The molecule has 1 atom stereocenters. The van der Waals surface area contributed by atoms with E-state index in [4.69, 9.17) is 20.4 Å². The molecule has 1 saturated heterocycles. The van der Waals surface area contributed by atoms with Crippen LogP contribution in [0.3, 0.4) is 0 Å². The van der Waals surface area contributed by atoms with Gasteiger partial charge >= 0.3 is 7.19 Å². The van der Waals surface area contributed by atoms with Gasteiger partial charge in [0, 0.05) is 16.6 Å². The van der Waals surface area contributed by atoms with Gasteiger partial charge in [-0.05, 0) is 91.1 Å². The standard InChI is InChI=1S/C19H31BClN2O2P/c1-17(2,3)23-20(22-18(4,5)13-10-14-19(22,6)7)24-15-11-8-9-12-16(15)25-26(23)21/h8-9,11-12H,10,13-14H2,1-7H3. The van der Waals surface area contributed by atoms with Gasteiger partial charge in [0.15, 0.2) is 5.75 Å². The number of hydrogen-bond acceptors (Lipinski definition) is 4. The smallest absolute Gasteiger partial charge is 0.530 e. The molecule has 26 heavy (non-hydrogen) atoms. The lowest BCUT2D eigenvalue weighted by atomic mass is 9.71. The van der Waals surface area contributed by atoms with Crippen LogP contribution in [0.1, 0.15) is 67.7 Å². The Hall–Kier alpha value is -0.475. The first-order valence-corrected chi connectivity index (χ1v) is 11.5. The number of nitrogens with zero attached hydrogens (tertiary/aromatic N) is 2. The molecule has 1 aromatic carbocycles. The first-order valence-electron chi connectivity index (χ1n) is 9.42. The third-order valence-electron chi connectivity index (χ3n) is 5.42. The minimum atomic E-state index is -1.36. The van der Waals surface area contributed by atoms with Gasteiger partial charge in [-0.2, -0.15) is 0 Å². The predicted molar refractivity (Wildman–Crippen MR) is 112 cm³/mol. The second-order valence-corrected chi connectivity index (χ2v) is 11.5. The highest BCUT2D eigenvalue weighted by atomic mass is 35.7. The Kier molecular flexibility index (Phi) is 5.34. The third-order valence-corrected chi connectivity index (χ3v) is 7.60.